The van der Waals surface area contributed by atoms with Crippen molar-refractivity contribution in [3.8, 4) is 6.07 Å². The molecule has 0 bridgehead atoms. The first-order valence-corrected chi connectivity index (χ1v) is 6.66. The number of benzene rings is 1. The minimum atomic E-state index is -0.400. The number of hydrogen-bond donors (Lipinski definition) is 0. The monoisotopic (exact) mass is 295 g/mol. The van der Waals surface area contributed by atoms with Crippen molar-refractivity contribution in [2.45, 2.75) is 13.8 Å². The van der Waals surface area contributed by atoms with E-state index in [1.807, 2.05) is 31.2 Å². The summed E-state index contributed by atoms with van der Waals surface area (Å²) in [4.78, 5) is 17.7. The highest BCUT2D eigenvalue weighted by Crippen LogP contribution is 2.26. The molecule has 3 rings (SSSR count). The van der Waals surface area contributed by atoms with Gasteiger partial charge in [0.05, 0.1) is 0 Å². The van der Waals surface area contributed by atoms with Gasteiger partial charge in [0.1, 0.15) is 11.7 Å². The van der Waals surface area contributed by atoms with Crippen LogP contribution in [-0.2, 0) is 0 Å². The molecule has 3 aromatic rings. The van der Waals surface area contributed by atoms with Gasteiger partial charge >= 0.3 is 0 Å². The van der Waals surface area contributed by atoms with Crippen LogP contribution in [0.5, 0.6) is 0 Å². The Morgan fingerprint density at radius 3 is 2.77 bits per heavy atom. The number of fused-ring (bicyclic) bond motifs is 1. The number of rotatable bonds is 2. The van der Waals surface area contributed by atoms with Gasteiger partial charge < -0.3 is 8.83 Å². The molecule has 0 spiro atoms. The maximum absolute atomic E-state index is 12.5. The average Bonchev–Trinajstić information content (AvgIpc) is 3.09. The first-order chi connectivity index (χ1) is 10.5. The fourth-order valence-electron chi connectivity index (χ4n) is 2.29. The van der Waals surface area contributed by atoms with Gasteiger partial charge in [0.2, 0.25) is 11.6 Å². The van der Waals surface area contributed by atoms with Crippen molar-refractivity contribution in [1.29, 1.82) is 5.26 Å². The summed E-state index contributed by atoms with van der Waals surface area (Å²) >= 11 is 0. The standard InChI is InChI=1S/C16H13N3O3/c1-9-5-4-6-11-7-13(22-14(9)11)15(20)19(3)16-12(8-17)18-10(2)21-16/h4-7H,1-3H3. The molecule has 1 aromatic carbocycles. The minimum Gasteiger partial charge on any atom is -0.451 e. The summed E-state index contributed by atoms with van der Waals surface area (Å²) in [7, 11) is 1.52. The lowest BCUT2D eigenvalue weighted by molar-refractivity contribution is 0.0964. The Morgan fingerprint density at radius 2 is 2.09 bits per heavy atom. The molecule has 0 atom stereocenters. The van der Waals surface area contributed by atoms with E-state index in [9.17, 15) is 4.79 Å². The highest BCUT2D eigenvalue weighted by molar-refractivity contribution is 6.05. The highest BCUT2D eigenvalue weighted by Gasteiger charge is 2.24. The van der Waals surface area contributed by atoms with E-state index in [1.54, 1.807) is 13.0 Å². The summed E-state index contributed by atoms with van der Waals surface area (Å²) in [6.45, 7) is 3.53. The number of aromatic nitrogens is 1. The van der Waals surface area contributed by atoms with Crippen molar-refractivity contribution in [2.75, 3.05) is 11.9 Å². The minimum absolute atomic E-state index is 0.0700. The summed E-state index contributed by atoms with van der Waals surface area (Å²) in [5.41, 5.74) is 1.70. The van der Waals surface area contributed by atoms with Crippen molar-refractivity contribution in [3.63, 3.8) is 0 Å². The van der Waals surface area contributed by atoms with E-state index in [0.717, 1.165) is 10.9 Å². The molecular weight excluding hydrogens is 282 g/mol. The lowest BCUT2D eigenvalue weighted by Gasteiger charge is -2.11. The van der Waals surface area contributed by atoms with E-state index in [4.69, 9.17) is 14.1 Å². The van der Waals surface area contributed by atoms with Gasteiger partial charge in [0.25, 0.3) is 5.91 Å². The van der Waals surface area contributed by atoms with Crippen LogP contribution >= 0.6 is 0 Å². The molecular formula is C16H13N3O3. The molecule has 0 radical (unpaired) electrons. The van der Waals surface area contributed by atoms with Crippen LogP contribution in [-0.4, -0.2) is 17.9 Å². The number of nitrogens with zero attached hydrogens (tertiary/aromatic N) is 3. The second-order valence-corrected chi connectivity index (χ2v) is 4.97. The van der Waals surface area contributed by atoms with Crippen molar-refractivity contribution in [3.05, 3.63) is 47.2 Å². The van der Waals surface area contributed by atoms with Gasteiger partial charge in [-0.2, -0.15) is 5.26 Å². The Hall–Kier alpha value is -3.07. The molecule has 0 aliphatic rings. The van der Waals surface area contributed by atoms with Crippen LogP contribution in [0.4, 0.5) is 5.88 Å². The highest BCUT2D eigenvalue weighted by atomic mass is 16.4. The molecule has 22 heavy (non-hydrogen) atoms. The maximum atomic E-state index is 12.5. The van der Waals surface area contributed by atoms with E-state index in [1.165, 1.54) is 11.9 Å². The van der Waals surface area contributed by atoms with E-state index < -0.39 is 5.91 Å². The zero-order valence-corrected chi connectivity index (χ0v) is 12.4. The quantitative estimate of drug-likeness (QED) is 0.725. The normalized spacial score (nSPS) is 10.6. The number of amides is 1. The summed E-state index contributed by atoms with van der Waals surface area (Å²) in [6.07, 6.45) is 0. The topological polar surface area (TPSA) is 83.3 Å². The Bertz CT molecular complexity index is 914. The predicted octanol–water partition coefficient (Wildman–Crippen LogP) is 3.19. The largest absolute Gasteiger partial charge is 0.451 e. The van der Waals surface area contributed by atoms with Gasteiger partial charge in [-0.1, -0.05) is 18.2 Å². The number of para-hydroxylation sites is 1. The fraction of sp³-hybridized carbons (Fsp3) is 0.188. The number of furan rings is 1. The first-order valence-electron chi connectivity index (χ1n) is 6.66. The molecule has 0 aliphatic carbocycles. The van der Waals surface area contributed by atoms with Gasteiger partial charge in [-0.15, -0.1) is 0 Å². The molecule has 2 heterocycles. The third-order valence-electron chi connectivity index (χ3n) is 3.38. The van der Waals surface area contributed by atoms with Crippen LogP contribution in [0.3, 0.4) is 0 Å². The number of carbonyl (C=O) groups is 1. The van der Waals surface area contributed by atoms with E-state index in [0.29, 0.717) is 11.5 Å². The van der Waals surface area contributed by atoms with Crippen LogP contribution in [0.1, 0.15) is 27.7 Å². The summed E-state index contributed by atoms with van der Waals surface area (Å²) < 4.78 is 11.0. The first kappa shape index (κ1) is 13.9. The van der Waals surface area contributed by atoms with Crippen molar-refractivity contribution >= 4 is 22.8 Å². The second-order valence-electron chi connectivity index (χ2n) is 4.97. The molecule has 110 valence electrons. The van der Waals surface area contributed by atoms with Crippen LogP contribution in [0.15, 0.2) is 33.1 Å². The number of anilines is 1. The zero-order chi connectivity index (χ0) is 15.9. The molecule has 0 N–H and O–H groups in total. The molecule has 0 saturated carbocycles. The third kappa shape index (κ3) is 2.13. The van der Waals surface area contributed by atoms with E-state index >= 15 is 0 Å². The van der Waals surface area contributed by atoms with Gasteiger partial charge in [0.15, 0.2) is 11.7 Å². The second kappa shape index (κ2) is 5.04. The molecule has 0 aliphatic heterocycles. The molecule has 0 fully saturated rings. The fourth-order valence-corrected chi connectivity index (χ4v) is 2.29. The molecule has 1 amide bonds. The van der Waals surface area contributed by atoms with Crippen molar-refractivity contribution in [2.24, 2.45) is 0 Å². The average molecular weight is 295 g/mol. The van der Waals surface area contributed by atoms with Gasteiger partial charge in [0, 0.05) is 19.4 Å². The van der Waals surface area contributed by atoms with E-state index in [2.05, 4.69) is 4.98 Å². The van der Waals surface area contributed by atoms with Crippen molar-refractivity contribution in [1.82, 2.24) is 4.98 Å². The molecule has 6 heteroatoms. The molecule has 6 nitrogen and oxygen atoms in total. The molecule has 2 aromatic heterocycles. The third-order valence-corrected chi connectivity index (χ3v) is 3.38. The van der Waals surface area contributed by atoms with Crippen LogP contribution in [0, 0.1) is 25.2 Å². The van der Waals surface area contributed by atoms with Gasteiger partial charge in [-0.3, -0.25) is 9.69 Å². The zero-order valence-electron chi connectivity index (χ0n) is 12.4. The maximum Gasteiger partial charge on any atom is 0.296 e. The van der Waals surface area contributed by atoms with E-state index in [-0.39, 0.29) is 17.3 Å². The van der Waals surface area contributed by atoms with Gasteiger partial charge in [-0.25, -0.2) is 4.98 Å². The molecule has 0 unspecified atom stereocenters. The van der Waals surface area contributed by atoms with Gasteiger partial charge in [-0.05, 0) is 18.6 Å². The van der Waals surface area contributed by atoms with Crippen molar-refractivity contribution < 1.29 is 13.6 Å². The van der Waals surface area contributed by atoms with Crippen LogP contribution < -0.4 is 4.90 Å². The number of nitriles is 1. The Kier molecular flexibility index (Phi) is 3.18. The Morgan fingerprint density at radius 1 is 1.32 bits per heavy atom. The lowest BCUT2D eigenvalue weighted by Crippen LogP contribution is -2.26. The lowest BCUT2D eigenvalue weighted by atomic mass is 10.2. The van der Waals surface area contributed by atoms with Crippen LogP contribution in [0.25, 0.3) is 11.0 Å². The number of carbonyl (C=O) groups excluding carboxylic acids is 1. The summed E-state index contributed by atoms with van der Waals surface area (Å²) in [6, 6.07) is 9.28. The number of oxazole rings is 1. The number of aryl methyl sites for hydroxylation is 2. The van der Waals surface area contributed by atoms with Crippen LogP contribution in [0.2, 0.25) is 0 Å². The smallest absolute Gasteiger partial charge is 0.296 e. The SMILES string of the molecule is Cc1nc(C#N)c(N(C)C(=O)c2cc3cccc(C)c3o2)o1. The Labute approximate surface area is 126 Å². The summed E-state index contributed by atoms with van der Waals surface area (Å²) in [5.74, 6) is 0.224. The number of hydrogen-bond acceptors (Lipinski definition) is 5. The molecule has 0 saturated heterocycles. The Balaban J connectivity index is 2.01. The summed E-state index contributed by atoms with van der Waals surface area (Å²) in [5, 5.41) is 9.90. The predicted molar refractivity (Wildman–Crippen MR) is 79.6 cm³/mol.